The first-order valence-electron chi connectivity index (χ1n) is 8.84. The second kappa shape index (κ2) is 9.21. The lowest BCUT2D eigenvalue weighted by Gasteiger charge is -2.23. The van der Waals surface area contributed by atoms with E-state index < -0.39 is 17.2 Å². The fourth-order valence-corrected chi connectivity index (χ4v) is 2.48. The van der Waals surface area contributed by atoms with E-state index >= 15 is 0 Å². The van der Waals surface area contributed by atoms with Crippen LogP contribution < -0.4 is 20.1 Å². The van der Waals surface area contributed by atoms with E-state index in [9.17, 15) is 14.0 Å². The van der Waals surface area contributed by atoms with Crippen LogP contribution in [0.2, 0.25) is 0 Å². The van der Waals surface area contributed by atoms with Crippen molar-refractivity contribution in [2.45, 2.75) is 20.3 Å². The Balaban J connectivity index is 1.97. The quantitative estimate of drug-likeness (QED) is 0.681. The van der Waals surface area contributed by atoms with Crippen molar-refractivity contribution in [1.82, 2.24) is 5.32 Å². The molecule has 0 aliphatic heterocycles. The molecule has 0 spiro atoms. The summed E-state index contributed by atoms with van der Waals surface area (Å²) in [6.07, 6.45) is 0.538. The monoisotopic (exact) mass is 388 g/mol. The number of anilines is 1. The maximum atomic E-state index is 12.9. The van der Waals surface area contributed by atoms with Gasteiger partial charge in [-0.25, -0.2) is 4.39 Å². The van der Waals surface area contributed by atoms with Crippen molar-refractivity contribution >= 4 is 17.5 Å². The van der Waals surface area contributed by atoms with Crippen molar-refractivity contribution in [3.8, 4) is 11.5 Å². The molecule has 0 saturated carbocycles. The Morgan fingerprint density at radius 3 is 2.29 bits per heavy atom. The molecule has 0 atom stereocenters. The van der Waals surface area contributed by atoms with Crippen LogP contribution >= 0.6 is 0 Å². The van der Waals surface area contributed by atoms with Gasteiger partial charge in [-0.2, -0.15) is 0 Å². The third kappa shape index (κ3) is 5.22. The Hall–Kier alpha value is -3.09. The number of carbonyl (C=O) groups is 2. The first-order valence-corrected chi connectivity index (χ1v) is 8.84. The molecule has 2 aromatic rings. The molecule has 2 N–H and O–H groups in total. The van der Waals surface area contributed by atoms with Crippen LogP contribution in [-0.4, -0.2) is 32.6 Å². The van der Waals surface area contributed by atoms with E-state index in [0.29, 0.717) is 30.2 Å². The van der Waals surface area contributed by atoms with Gasteiger partial charge in [-0.15, -0.1) is 0 Å². The summed E-state index contributed by atoms with van der Waals surface area (Å²) in [5, 5.41) is 5.48. The molecule has 0 radical (unpaired) electrons. The third-order valence-electron chi connectivity index (χ3n) is 4.40. The summed E-state index contributed by atoms with van der Waals surface area (Å²) < 4.78 is 23.3. The van der Waals surface area contributed by atoms with E-state index in [1.165, 1.54) is 26.4 Å². The highest BCUT2D eigenvalue weighted by molar-refractivity contribution is 6.10. The molecule has 2 amide bonds. The largest absolute Gasteiger partial charge is 0.497 e. The summed E-state index contributed by atoms with van der Waals surface area (Å²) in [4.78, 5) is 25.2. The van der Waals surface area contributed by atoms with Gasteiger partial charge in [0.1, 0.15) is 22.7 Å². The zero-order valence-electron chi connectivity index (χ0n) is 16.5. The second-order valence-corrected chi connectivity index (χ2v) is 6.78. The number of rotatable bonds is 8. The van der Waals surface area contributed by atoms with Crippen molar-refractivity contribution in [2.75, 3.05) is 26.1 Å². The fourth-order valence-electron chi connectivity index (χ4n) is 2.48. The van der Waals surface area contributed by atoms with E-state index in [4.69, 9.17) is 9.47 Å². The van der Waals surface area contributed by atoms with Gasteiger partial charge in [0.2, 0.25) is 11.8 Å². The van der Waals surface area contributed by atoms with Gasteiger partial charge in [-0.1, -0.05) is 12.1 Å². The molecule has 0 aliphatic rings. The molecule has 0 bridgehead atoms. The van der Waals surface area contributed by atoms with Gasteiger partial charge in [-0.3, -0.25) is 9.59 Å². The molecule has 0 heterocycles. The topological polar surface area (TPSA) is 76.7 Å². The molecular weight excluding hydrogens is 363 g/mol. The zero-order chi connectivity index (χ0) is 20.7. The number of ether oxygens (including phenoxy) is 2. The van der Waals surface area contributed by atoms with Crippen LogP contribution in [0.3, 0.4) is 0 Å². The Labute approximate surface area is 164 Å². The Morgan fingerprint density at radius 2 is 1.68 bits per heavy atom. The second-order valence-electron chi connectivity index (χ2n) is 6.78. The van der Waals surface area contributed by atoms with Gasteiger partial charge in [0.25, 0.3) is 0 Å². The minimum Gasteiger partial charge on any atom is -0.497 e. The molecule has 0 aliphatic carbocycles. The molecule has 0 saturated heterocycles. The fraction of sp³-hybridized carbons (Fsp3) is 0.333. The Kier molecular flexibility index (Phi) is 6.98. The van der Waals surface area contributed by atoms with E-state index in [1.807, 2.05) is 0 Å². The molecule has 150 valence electrons. The lowest BCUT2D eigenvalue weighted by Crippen LogP contribution is -2.45. The van der Waals surface area contributed by atoms with Gasteiger partial charge in [0.05, 0.1) is 19.9 Å². The number of halogens is 1. The van der Waals surface area contributed by atoms with Crippen molar-refractivity contribution in [3.63, 3.8) is 0 Å². The SMILES string of the molecule is COc1ccc(NC(=O)C(C)(C)C(=O)NCCc2ccc(F)cc2)c(OC)c1. The van der Waals surface area contributed by atoms with E-state index in [-0.39, 0.29) is 5.82 Å². The summed E-state index contributed by atoms with van der Waals surface area (Å²) in [7, 11) is 3.02. The molecule has 0 fully saturated rings. The molecule has 0 unspecified atom stereocenters. The lowest BCUT2D eigenvalue weighted by molar-refractivity contribution is -0.138. The lowest BCUT2D eigenvalue weighted by atomic mass is 9.90. The van der Waals surface area contributed by atoms with E-state index in [1.54, 1.807) is 44.2 Å². The predicted octanol–water partition coefficient (Wildman–Crippen LogP) is 3.17. The van der Waals surface area contributed by atoms with Crippen molar-refractivity contribution < 1.29 is 23.5 Å². The number of carbonyl (C=O) groups excluding carboxylic acids is 2. The van der Waals surface area contributed by atoms with Crippen molar-refractivity contribution in [1.29, 1.82) is 0 Å². The van der Waals surface area contributed by atoms with Crippen molar-refractivity contribution in [2.24, 2.45) is 5.41 Å². The number of hydrogen-bond donors (Lipinski definition) is 2. The number of amides is 2. The normalized spacial score (nSPS) is 10.9. The number of benzene rings is 2. The van der Waals surface area contributed by atoms with Crippen LogP contribution in [0.15, 0.2) is 42.5 Å². The average Bonchev–Trinajstić information content (AvgIpc) is 2.69. The summed E-state index contributed by atoms with van der Waals surface area (Å²) in [5.41, 5.74) is 0.0423. The maximum Gasteiger partial charge on any atom is 0.239 e. The highest BCUT2D eigenvalue weighted by atomic mass is 19.1. The van der Waals surface area contributed by atoms with Crippen LogP contribution in [0.25, 0.3) is 0 Å². The van der Waals surface area contributed by atoms with Gasteiger partial charge >= 0.3 is 0 Å². The van der Waals surface area contributed by atoms with E-state index in [2.05, 4.69) is 10.6 Å². The summed E-state index contributed by atoms with van der Waals surface area (Å²) in [5.74, 6) is -0.151. The van der Waals surface area contributed by atoms with Crippen LogP contribution in [-0.2, 0) is 16.0 Å². The predicted molar refractivity (Wildman–Crippen MR) is 105 cm³/mol. The van der Waals surface area contributed by atoms with Crippen LogP contribution in [0.1, 0.15) is 19.4 Å². The number of hydrogen-bond acceptors (Lipinski definition) is 4. The van der Waals surface area contributed by atoms with E-state index in [0.717, 1.165) is 5.56 Å². The molecule has 7 heteroatoms. The third-order valence-corrected chi connectivity index (χ3v) is 4.40. The summed E-state index contributed by atoms with van der Waals surface area (Å²) in [6.45, 7) is 3.43. The maximum absolute atomic E-state index is 12.9. The highest BCUT2D eigenvalue weighted by Crippen LogP contribution is 2.30. The first-order chi connectivity index (χ1) is 13.3. The summed E-state index contributed by atoms with van der Waals surface area (Å²) in [6, 6.07) is 11.1. The first kappa shape index (κ1) is 21.2. The molecule has 6 nitrogen and oxygen atoms in total. The highest BCUT2D eigenvalue weighted by Gasteiger charge is 2.36. The average molecular weight is 388 g/mol. The number of nitrogens with one attached hydrogen (secondary N) is 2. The minimum absolute atomic E-state index is 0.306. The van der Waals surface area contributed by atoms with Crippen LogP contribution in [0.5, 0.6) is 11.5 Å². The van der Waals surface area contributed by atoms with Gasteiger partial charge < -0.3 is 20.1 Å². The van der Waals surface area contributed by atoms with Gasteiger partial charge in [0.15, 0.2) is 0 Å². The number of methoxy groups -OCH3 is 2. The molecule has 2 rings (SSSR count). The Bertz CT molecular complexity index is 835. The molecule has 2 aromatic carbocycles. The summed E-state index contributed by atoms with van der Waals surface area (Å²) >= 11 is 0. The standard InChI is InChI=1S/C21H25FN2O4/c1-21(2,19(25)23-12-11-14-5-7-15(22)8-6-14)20(26)24-17-10-9-16(27-3)13-18(17)28-4/h5-10,13H,11-12H2,1-4H3,(H,23,25)(H,24,26). The smallest absolute Gasteiger partial charge is 0.239 e. The van der Waals surface area contributed by atoms with Gasteiger partial charge in [0, 0.05) is 12.6 Å². The molecule has 0 aromatic heterocycles. The Morgan fingerprint density at radius 1 is 1.00 bits per heavy atom. The zero-order valence-corrected chi connectivity index (χ0v) is 16.5. The molecule has 28 heavy (non-hydrogen) atoms. The minimum atomic E-state index is -1.30. The van der Waals surface area contributed by atoms with Crippen LogP contribution in [0, 0.1) is 11.2 Å². The van der Waals surface area contributed by atoms with Crippen LogP contribution in [0.4, 0.5) is 10.1 Å². The van der Waals surface area contributed by atoms with Crippen molar-refractivity contribution in [3.05, 3.63) is 53.8 Å². The van der Waals surface area contributed by atoms with Gasteiger partial charge in [-0.05, 0) is 50.1 Å². The molecular formula is C21H25FN2O4.